The first-order chi connectivity index (χ1) is 11.6. The monoisotopic (exact) mass is 377 g/mol. The molecule has 12 nitrogen and oxygen atoms in total. The maximum Gasteiger partial charge on any atom is 0.404 e. The van der Waals surface area contributed by atoms with Crippen LogP contribution in [0.4, 0.5) is 15.3 Å². The lowest BCUT2D eigenvalue weighted by Crippen LogP contribution is -2.32. The maximum atomic E-state index is 12.2. The van der Waals surface area contributed by atoms with Crippen LogP contribution in [0.25, 0.3) is 0 Å². The van der Waals surface area contributed by atoms with Crippen molar-refractivity contribution in [2.45, 2.75) is 6.10 Å². The topological polar surface area (TPSA) is 183 Å². The van der Waals surface area contributed by atoms with Crippen LogP contribution in [0.1, 0.15) is 0 Å². The number of nitrogens with zero attached hydrogens (tertiary/aromatic N) is 1. The normalized spacial score (nSPS) is 14.0. The Kier molecular flexibility index (Phi) is 7.15. The largest absolute Gasteiger partial charge is 0.446 e. The fourth-order valence-corrected chi connectivity index (χ4v) is 2.51. The van der Waals surface area contributed by atoms with Gasteiger partial charge in [-0.3, -0.25) is 14.6 Å². The average Bonchev–Trinajstić information content (AvgIpc) is 2.49. The minimum Gasteiger partial charge on any atom is -0.446 e. The molecule has 1 aromatic rings. The molecule has 0 saturated carbocycles. The molecule has 13 heteroatoms. The second kappa shape index (κ2) is 8.85. The summed E-state index contributed by atoms with van der Waals surface area (Å²) in [5.41, 5.74) is 9.48. The Morgan fingerprint density at radius 1 is 1.20 bits per heavy atom. The fraction of sp³-hybridized carbons (Fsp3) is 0.333. The Morgan fingerprint density at radius 3 is 2.28 bits per heavy atom. The molecule has 0 aliphatic rings. The van der Waals surface area contributed by atoms with Crippen molar-refractivity contribution in [2.75, 3.05) is 19.9 Å². The molecule has 25 heavy (non-hydrogen) atoms. The van der Waals surface area contributed by atoms with Gasteiger partial charge >= 0.3 is 19.8 Å². The van der Waals surface area contributed by atoms with E-state index < -0.39 is 44.0 Å². The third-order valence-corrected chi connectivity index (χ3v) is 3.67. The van der Waals surface area contributed by atoms with Gasteiger partial charge in [0.05, 0.1) is 11.5 Å². The number of hydrogen-bond donors (Lipinski definition) is 2. The van der Waals surface area contributed by atoms with Gasteiger partial charge < -0.3 is 25.5 Å². The molecule has 0 radical (unpaired) electrons. The molecule has 0 aromatic heterocycles. The summed E-state index contributed by atoms with van der Waals surface area (Å²) >= 11 is 0. The van der Waals surface area contributed by atoms with Crippen molar-refractivity contribution in [3.63, 3.8) is 0 Å². The van der Waals surface area contributed by atoms with Gasteiger partial charge in [0.25, 0.3) is 5.69 Å². The Morgan fingerprint density at radius 2 is 1.80 bits per heavy atom. The number of non-ortho nitro benzene ring substituents is 1. The number of primary amides is 2. The van der Waals surface area contributed by atoms with Crippen LogP contribution in [0.5, 0.6) is 5.75 Å². The van der Waals surface area contributed by atoms with Crippen LogP contribution in [0.2, 0.25) is 0 Å². The molecule has 0 spiro atoms. The van der Waals surface area contributed by atoms with Crippen LogP contribution >= 0.6 is 7.60 Å². The smallest absolute Gasteiger partial charge is 0.404 e. The Balaban J connectivity index is 2.64. The van der Waals surface area contributed by atoms with E-state index in [-0.39, 0.29) is 11.4 Å². The highest BCUT2D eigenvalue weighted by Gasteiger charge is 2.24. The molecule has 138 valence electrons. The number of benzene rings is 1. The van der Waals surface area contributed by atoms with Crippen LogP contribution in [0.3, 0.4) is 0 Å². The van der Waals surface area contributed by atoms with Gasteiger partial charge in [-0.2, -0.15) is 0 Å². The highest BCUT2D eigenvalue weighted by atomic mass is 31.2. The zero-order chi connectivity index (χ0) is 19.0. The number of ether oxygens (including phenoxy) is 2. The minimum absolute atomic E-state index is 0.0668. The van der Waals surface area contributed by atoms with Gasteiger partial charge in [-0.25, -0.2) is 14.2 Å². The van der Waals surface area contributed by atoms with E-state index in [0.29, 0.717) is 0 Å². The van der Waals surface area contributed by atoms with E-state index >= 15 is 0 Å². The number of nitro groups is 1. The molecule has 1 unspecified atom stereocenters. The first-order valence-corrected chi connectivity index (χ1v) is 8.62. The van der Waals surface area contributed by atoms with Gasteiger partial charge in [-0.15, -0.1) is 0 Å². The molecule has 0 aliphatic heterocycles. The standard InChI is InChI=1S/C12H16N3O9P/c1-25(20,24-9-4-2-8(3-5-9)15(18)19)22-7-10(23-12(14)17)6-21-11(13)16/h2-5,10H,6-7H2,1H3,(H2,13,16)(H2,14,17)/t10-,25?/m0/s1. The lowest BCUT2D eigenvalue weighted by molar-refractivity contribution is -0.384. The third kappa shape index (κ3) is 7.99. The second-order valence-electron chi connectivity index (χ2n) is 4.60. The summed E-state index contributed by atoms with van der Waals surface area (Å²) < 4.78 is 31.5. The summed E-state index contributed by atoms with van der Waals surface area (Å²) in [5, 5.41) is 10.6. The number of amides is 2. The van der Waals surface area contributed by atoms with Crippen molar-refractivity contribution in [1.29, 1.82) is 0 Å². The van der Waals surface area contributed by atoms with Gasteiger partial charge in [0.2, 0.25) is 0 Å². The zero-order valence-electron chi connectivity index (χ0n) is 13.0. The molecule has 2 amide bonds. The van der Waals surface area contributed by atoms with Crippen LogP contribution in [-0.4, -0.2) is 43.1 Å². The maximum absolute atomic E-state index is 12.2. The van der Waals surface area contributed by atoms with Crippen molar-refractivity contribution in [3.8, 4) is 5.75 Å². The fourth-order valence-electron chi connectivity index (χ4n) is 1.52. The van der Waals surface area contributed by atoms with E-state index in [1.165, 1.54) is 12.1 Å². The predicted octanol–water partition coefficient (Wildman–Crippen LogP) is 1.37. The number of nitro benzene ring substituents is 1. The Labute approximate surface area is 141 Å². The highest BCUT2D eigenvalue weighted by Crippen LogP contribution is 2.44. The molecule has 0 heterocycles. The van der Waals surface area contributed by atoms with E-state index in [9.17, 15) is 24.3 Å². The Bertz CT molecular complexity index is 679. The summed E-state index contributed by atoms with van der Waals surface area (Å²) in [6, 6.07) is 4.81. The van der Waals surface area contributed by atoms with E-state index in [0.717, 1.165) is 18.8 Å². The van der Waals surface area contributed by atoms with Crippen molar-refractivity contribution >= 4 is 25.5 Å². The van der Waals surface area contributed by atoms with Gasteiger partial charge in [-0.05, 0) is 12.1 Å². The SMILES string of the molecule is CP(=O)(OC[C@H](COC(N)=O)OC(N)=O)Oc1ccc([N+](=O)[O-])cc1. The van der Waals surface area contributed by atoms with Crippen molar-refractivity contribution in [2.24, 2.45) is 11.5 Å². The summed E-state index contributed by atoms with van der Waals surface area (Å²) in [6.45, 7) is 0.206. The summed E-state index contributed by atoms with van der Waals surface area (Å²) in [4.78, 5) is 31.3. The number of nitrogens with two attached hydrogens (primary N) is 2. The van der Waals surface area contributed by atoms with Gasteiger partial charge in [0.1, 0.15) is 12.4 Å². The first-order valence-electron chi connectivity index (χ1n) is 6.63. The molecule has 2 atom stereocenters. The zero-order valence-corrected chi connectivity index (χ0v) is 13.9. The Hall–Kier alpha value is -2.85. The second-order valence-corrected chi connectivity index (χ2v) is 6.58. The van der Waals surface area contributed by atoms with Crippen LogP contribution in [0.15, 0.2) is 24.3 Å². The molecule has 0 fully saturated rings. The third-order valence-electron chi connectivity index (χ3n) is 2.51. The van der Waals surface area contributed by atoms with E-state index in [1.807, 2.05) is 0 Å². The predicted molar refractivity (Wildman–Crippen MR) is 83.2 cm³/mol. The minimum atomic E-state index is -3.67. The number of carbonyl (C=O) groups is 2. The lowest BCUT2D eigenvalue weighted by Gasteiger charge is -2.20. The summed E-state index contributed by atoms with van der Waals surface area (Å²) in [6.07, 6.45) is -3.43. The van der Waals surface area contributed by atoms with Crippen LogP contribution in [0, 0.1) is 10.1 Å². The van der Waals surface area contributed by atoms with Crippen molar-refractivity contribution < 1.29 is 37.6 Å². The first kappa shape index (κ1) is 20.2. The van der Waals surface area contributed by atoms with Gasteiger partial charge in [-0.1, -0.05) is 0 Å². The molecule has 0 bridgehead atoms. The van der Waals surface area contributed by atoms with Crippen molar-refractivity contribution in [3.05, 3.63) is 34.4 Å². The molecule has 1 aromatic carbocycles. The molecule has 0 saturated heterocycles. The molecule has 1 rings (SSSR count). The molecule has 4 N–H and O–H groups in total. The number of carbonyl (C=O) groups excluding carboxylic acids is 2. The molecular weight excluding hydrogens is 361 g/mol. The number of hydrogen-bond acceptors (Lipinski definition) is 9. The highest BCUT2D eigenvalue weighted by molar-refractivity contribution is 7.53. The van der Waals surface area contributed by atoms with E-state index in [2.05, 4.69) is 9.47 Å². The van der Waals surface area contributed by atoms with Crippen molar-refractivity contribution in [1.82, 2.24) is 0 Å². The summed E-state index contributed by atoms with van der Waals surface area (Å²) in [7, 11) is -3.67. The number of rotatable bonds is 9. The average molecular weight is 377 g/mol. The van der Waals surface area contributed by atoms with E-state index in [1.54, 1.807) is 0 Å². The van der Waals surface area contributed by atoms with Crippen LogP contribution in [-0.2, 0) is 18.6 Å². The lowest BCUT2D eigenvalue weighted by atomic mass is 10.3. The van der Waals surface area contributed by atoms with E-state index in [4.69, 9.17) is 20.5 Å². The molecule has 0 aliphatic carbocycles. The quantitative estimate of drug-likeness (QED) is 0.364. The van der Waals surface area contributed by atoms with Crippen LogP contribution < -0.4 is 16.0 Å². The van der Waals surface area contributed by atoms with Gasteiger partial charge in [0, 0.05) is 18.8 Å². The van der Waals surface area contributed by atoms with Gasteiger partial charge in [0.15, 0.2) is 6.10 Å². The summed E-state index contributed by atoms with van der Waals surface area (Å²) in [5.74, 6) is 0.0668. The molecular formula is C12H16N3O9P.